The molecule has 4 rings (SSSR count). The van der Waals surface area contributed by atoms with Gasteiger partial charge in [-0.2, -0.15) is 0 Å². The Morgan fingerprint density at radius 3 is 1.51 bits per heavy atom. The smallest absolute Gasteiger partial charge is 0.308 e. The van der Waals surface area contributed by atoms with Crippen LogP contribution in [0.3, 0.4) is 0 Å². The van der Waals surface area contributed by atoms with Crippen molar-refractivity contribution < 1.29 is 99.7 Å². The van der Waals surface area contributed by atoms with E-state index in [1.54, 1.807) is 0 Å². The number of hydrogen-bond donors (Lipinski definition) is 0. The molecule has 5 atom stereocenters. The zero-order valence-electron chi connectivity index (χ0n) is 33.9. The Hall–Kier alpha value is -7.36. The van der Waals surface area contributed by atoms with Gasteiger partial charge in [0.15, 0.2) is 29.5 Å². The van der Waals surface area contributed by atoms with E-state index in [1.807, 2.05) is 0 Å². The summed E-state index contributed by atoms with van der Waals surface area (Å²) in [7, 11) is 0. The molecule has 1 fully saturated rings. The molecule has 0 aliphatic carbocycles. The minimum absolute atomic E-state index is 0.287. The second-order valence-electron chi connectivity index (χ2n) is 12.8. The molecule has 61 heavy (non-hydrogen) atoms. The van der Waals surface area contributed by atoms with Gasteiger partial charge in [-0.05, 0) is 12.1 Å². The molecule has 1 saturated heterocycles. The van der Waals surface area contributed by atoms with Crippen molar-refractivity contribution in [1.29, 1.82) is 0 Å². The highest BCUT2D eigenvalue weighted by Crippen LogP contribution is 2.46. The fraction of sp³-hybridized carbons (Fsp3) is 0.385. The van der Waals surface area contributed by atoms with Crippen molar-refractivity contribution in [2.45, 2.75) is 93.0 Å². The second kappa shape index (κ2) is 19.6. The number of ether oxygens (including phenoxy) is 11. The number of carbonyl (C=O) groups excluding carboxylic acids is 9. The van der Waals surface area contributed by atoms with Crippen molar-refractivity contribution in [3.63, 3.8) is 0 Å². The standard InChI is InChI=1S/C39H38O22/c1-15(40)50-14-30-35(56-21(7)46)37(57-22(8)47)38(58-23(9)48)39(60-30)61-36-32(49)31-26(52-17(3)42)12-25(51-16(2)41)13-27(31)59-33(36)24-10-28(53-18(4)43)34(55-20(6)45)29(11-24)54-19(5)44/h10-13,30,35,37-39H,14H2,1-9H3/t30-,35-,37+,38-,39+/m1/s1. The predicted molar refractivity (Wildman–Crippen MR) is 197 cm³/mol. The first-order valence-electron chi connectivity index (χ1n) is 17.8. The van der Waals surface area contributed by atoms with Crippen molar-refractivity contribution in [2.75, 3.05) is 6.61 Å². The summed E-state index contributed by atoms with van der Waals surface area (Å²) in [6, 6.07) is 4.06. The fourth-order valence-corrected chi connectivity index (χ4v) is 5.81. The highest BCUT2D eigenvalue weighted by Gasteiger charge is 2.54. The minimum atomic E-state index is -2.07. The third kappa shape index (κ3) is 12.1. The highest BCUT2D eigenvalue weighted by molar-refractivity contribution is 5.92. The molecule has 0 spiro atoms. The molecule has 0 N–H and O–H groups in total. The molecule has 22 heteroatoms. The third-order valence-corrected chi connectivity index (χ3v) is 7.62. The van der Waals surface area contributed by atoms with Gasteiger partial charge in [-0.3, -0.25) is 47.9 Å². The van der Waals surface area contributed by atoms with Crippen LogP contribution in [0, 0.1) is 0 Å². The first kappa shape index (κ1) is 46.3. The Bertz CT molecular complexity index is 2320. The van der Waals surface area contributed by atoms with E-state index in [4.69, 9.17) is 56.5 Å². The van der Waals surface area contributed by atoms with E-state index >= 15 is 0 Å². The summed E-state index contributed by atoms with van der Waals surface area (Å²) in [5.74, 6) is -12.5. The third-order valence-electron chi connectivity index (χ3n) is 7.62. The zero-order chi connectivity index (χ0) is 45.5. The number of benzene rings is 2. The molecule has 22 nitrogen and oxygen atoms in total. The van der Waals surface area contributed by atoms with Gasteiger partial charge in [0.2, 0.25) is 29.3 Å². The van der Waals surface area contributed by atoms with Crippen LogP contribution in [0.5, 0.6) is 34.5 Å². The van der Waals surface area contributed by atoms with E-state index in [-0.39, 0.29) is 11.3 Å². The van der Waals surface area contributed by atoms with E-state index in [0.717, 1.165) is 86.6 Å². The van der Waals surface area contributed by atoms with Crippen molar-refractivity contribution >= 4 is 64.7 Å². The summed E-state index contributed by atoms with van der Waals surface area (Å²) in [6.07, 6.45) is -8.96. The van der Waals surface area contributed by atoms with Gasteiger partial charge in [0, 0.05) is 80.0 Å². The first-order chi connectivity index (χ1) is 28.5. The second-order valence-corrected chi connectivity index (χ2v) is 12.8. The first-order valence-corrected chi connectivity index (χ1v) is 17.8. The summed E-state index contributed by atoms with van der Waals surface area (Å²) in [5.41, 5.74) is -1.98. The summed E-state index contributed by atoms with van der Waals surface area (Å²) in [5, 5.41) is -0.535. The topological polar surface area (TPSA) is 285 Å². The van der Waals surface area contributed by atoms with Crippen molar-refractivity contribution in [3.8, 4) is 45.8 Å². The monoisotopic (exact) mass is 858 g/mol. The number of hydrogen-bond acceptors (Lipinski definition) is 22. The van der Waals surface area contributed by atoms with Crippen molar-refractivity contribution in [3.05, 3.63) is 34.5 Å². The lowest BCUT2D eigenvalue weighted by Gasteiger charge is -2.43. The molecule has 1 aliphatic rings. The fourth-order valence-electron chi connectivity index (χ4n) is 5.81. The van der Waals surface area contributed by atoms with Crippen LogP contribution in [0.4, 0.5) is 0 Å². The van der Waals surface area contributed by atoms with Gasteiger partial charge in [0.1, 0.15) is 35.2 Å². The van der Waals surface area contributed by atoms with E-state index in [2.05, 4.69) is 0 Å². The molecule has 0 unspecified atom stereocenters. The van der Waals surface area contributed by atoms with E-state index in [1.165, 1.54) is 0 Å². The lowest BCUT2D eigenvalue weighted by atomic mass is 9.98. The zero-order valence-corrected chi connectivity index (χ0v) is 33.9. The average Bonchev–Trinajstić information content (AvgIpc) is 3.10. The van der Waals surface area contributed by atoms with E-state index in [0.29, 0.717) is 0 Å². The average molecular weight is 859 g/mol. The maximum absolute atomic E-state index is 14.9. The Kier molecular flexibility index (Phi) is 14.9. The van der Waals surface area contributed by atoms with Crippen LogP contribution >= 0.6 is 0 Å². The molecule has 1 aromatic heterocycles. The predicted octanol–water partition coefficient (Wildman–Crippen LogP) is 2.55. The van der Waals surface area contributed by atoms with Crippen molar-refractivity contribution in [1.82, 2.24) is 0 Å². The molecule has 1 aliphatic heterocycles. The van der Waals surface area contributed by atoms with Gasteiger partial charge in [0.05, 0.1) is 0 Å². The SMILES string of the molecule is CC(=O)OC[C@H]1O[C@@H](Oc2c(-c3cc(OC(C)=O)c(OC(C)=O)c(OC(C)=O)c3)oc3cc(OC(C)=O)cc(OC(C)=O)c3c2=O)[C@H](OC(C)=O)[C@@H](OC(C)=O)[C@@H]1OC(C)=O. The van der Waals surface area contributed by atoms with Crippen LogP contribution in [0.15, 0.2) is 33.5 Å². The highest BCUT2D eigenvalue weighted by atomic mass is 16.7. The lowest BCUT2D eigenvalue weighted by Crippen LogP contribution is -2.63. The Labute approximate surface area is 344 Å². The molecule has 0 amide bonds. The van der Waals surface area contributed by atoms with Crippen LogP contribution in [0.1, 0.15) is 62.3 Å². The van der Waals surface area contributed by atoms with Gasteiger partial charge in [-0.15, -0.1) is 0 Å². The van der Waals surface area contributed by atoms with Gasteiger partial charge in [-0.1, -0.05) is 0 Å². The lowest BCUT2D eigenvalue weighted by molar-refractivity contribution is -0.288. The summed E-state index contributed by atoms with van der Waals surface area (Å²) in [6.45, 7) is 8.28. The number of carbonyl (C=O) groups is 9. The summed E-state index contributed by atoms with van der Waals surface area (Å²) < 4.78 is 66.1. The molecular formula is C39H38O22. The normalized spacial score (nSPS) is 18.1. The quantitative estimate of drug-likeness (QED) is 0.136. The maximum Gasteiger partial charge on any atom is 0.308 e. The number of fused-ring (bicyclic) bond motifs is 1. The van der Waals surface area contributed by atoms with Gasteiger partial charge in [0.25, 0.3) is 0 Å². The van der Waals surface area contributed by atoms with E-state index in [9.17, 15) is 47.9 Å². The number of esters is 9. The maximum atomic E-state index is 14.9. The molecular weight excluding hydrogens is 820 g/mol. The number of rotatable bonds is 13. The van der Waals surface area contributed by atoms with Crippen LogP contribution in [-0.4, -0.2) is 91.0 Å². The largest absolute Gasteiger partial charge is 0.463 e. The van der Waals surface area contributed by atoms with Gasteiger partial charge in [-0.25, -0.2) is 0 Å². The van der Waals surface area contributed by atoms with Gasteiger partial charge >= 0.3 is 53.7 Å². The minimum Gasteiger partial charge on any atom is -0.463 e. The van der Waals surface area contributed by atoms with Crippen LogP contribution in [-0.2, 0) is 66.8 Å². The van der Waals surface area contributed by atoms with Crippen LogP contribution in [0.2, 0.25) is 0 Å². The van der Waals surface area contributed by atoms with Crippen molar-refractivity contribution in [2.24, 2.45) is 0 Å². The van der Waals surface area contributed by atoms with Crippen LogP contribution in [0.25, 0.3) is 22.3 Å². The van der Waals surface area contributed by atoms with Gasteiger partial charge < -0.3 is 56.5 Å². The Morgan fingerprint density at radius 2 is 1.02 bits per heavy atom. The Morgan fingerprint density at radius 1 is 0.525 bits per heavy atom. The molecule has 2 aromatic carbocycles. The molecule has 2 heterocycles. The summed E-state index contributed by atoms with van der Waals surface area (Å²) in [4.78, 5) is 125. The molecule has 0 radical (unpaired) electrons. The summed E-state index contributed by atoms with van der Waals surface area (Å²) >= 11 is 0. The van der Waals surface area contributed by atoms with E-state index < -0.39 is 142 Å². The van der Waals surface area contributed by atoms with Crippen LogP contribution < -0.4 is 33.8 Å². The molecule has 0 bridgehead atoms. The molecule has 0 saturated carbocycles. The molecule has 3 aromatic rings. The molecule has 326 valence electrons. The Balaban J connectivity index is 2.17.